The fraction of sp³-hybridized carbons (Fsp3) is 0.0833. The number of rotatable bonds is 3. The molecule has 1 aromatic rings. The molecule has 1 heterocycles. The first kappa shape index (κ1) is 10.8. The molecule has 0 aliphatic carbocycles. The Hall–Kier alpha value is -1.68. The van der Waals surface area contributed by atoms with Crippen LogP contribution >= 0.6 is 10.5 Å². The number of hydrogen-bond donors (Lipinski definition) is 0. The van der Waals surface area contributed by atoms with Gasteiger partial charge in [-0.05, 0) is 16.3 Å². The van der Waals surface area contributed by atoms with E-state index in [1.165, 1.54) is 0 Å². The number of non-ortho nitro benzene ring substituents is 1. The number of benzene rings is 1. The lowest BCUT2D eigenvalue weighted by atomic mass is 10.2. The van der Waals surface area contributed by atoms with Gasteiger partial charge in [0.1, 0.15) is 0 Å². The lowest BCUT2D eigenvalue weighted by Gasteiger charge is -2.05. The van der Waals surface area contributed by atoms with E-state index in [-0.39, 0.29) is 21.1 Å². The predicted octanol–water partition coefficient (Wildman–Crippen LogP) is 3.25. The fourth-order valence-corrected chi connectivity index (χ4v) is 2.85. The summed E-state index contributed by atoms with van der Waals surface area (Å²) in [6, 6.07) is 6.76. The first-order valence-corrected chi connectivity index (χ1v) is 6.38. The summed E-state index contributed by atoms with van der Waals surface area (Å²) in [7, 11) is 0.125. The maximum absolute atomic E-state index is 10.5. The van der Waals surface area contributed by atoms with Crippen LogP contribution in [0.5, 0.6) is 0 Å². The van der Waals surface area contributed by atoms with E-state index in [9.17, 15) is 10.1 Å². The van der Waals surface area contributed by atoms with Crippen LogP contribution in [0.4, 0.5) is 5.69 Å². The molecule has 0 saturated carbocycles. The molecular weight excluding hydrogens is 222 g/mol. The SMILES string of the molecule is O=[N+]([O-])c1ccc(CS2=CC=CC=C2)cc1. The topological polar surface area (TPSA) is 43.1 Å². The van der Waals surface area contributed by atoms with Gasteiger partial charge in [-0.15, -0.1) is 0 Å². The molecule has 0 spiro atoms. The zero-order valence-corrected chi connectivity index (χ0v) is 9.39. The van der Waals surface area contributed by atoms with E-state index >= 15 is 0 Å². The number of nitro benzene ring substituents is 1. The Morgan fingerprint density at radius 2 is 1.88 bits per heavy atom. The summed E-state index contributed by atoms with van der Waals surface area (Å²) in [6.07, 6.45) is 6.07. The van der Waals surface area contributed by atoms with Crippen LogP contribution in [-0.2, 0) is 5.75 Å². The summed E-state index contributed by atoms with van der Waals surface area (Å²) in [5, 5.41) is 14.8. The largest absolute Gasteiger partial charge is 0.269 e. The van der Waals surface area contributed by atoms with Crippen LogP contribution in [0.15, 0.2) is 47.9 Å². The Balaban J connectivity index is 2.11. The van der Waals surface area contributed by atoms with Gasteiger partial charge >= 0.3 is 0 Å². The molecule has 1 aliphatic rings. The van der Waals surface area contributed by atoms with Gasteiger partial charge < -0.3 is 0 Å². The van der Waals surface area contributed by atoms with E-state index in [0.717, 1.165) is 11.3 Å². The molecular formula is C12H11NO2S. The highest BCUT2D eigenvalue weighted by Gasteiger charge is 2.04. The van der Waals surface area contributed by atoms with E-state index < -0.39 is 0 Å². The van der Waals surface area contributed by atoms with Crippen LogP contribution < -0.4 is 0 Å². The van der Waals surface area contributed by atoms with Crippen molar-refractivity contribution in [3.63, 3.8) is 0 Å². The van der Waals surface area contributed by atoms with Gasteiger partial charge in [0.15, 0.2) is 0 Å². The molecule has 4 heteroatoms. The minimum absolute atomic E-state index is 0.125. The molecule has 1 atom stereocenters. The first-order chi connectivity index (χ1) is 7.75. The molecule has 1 aliphatic heterocycles. The molecule has 1 unspecified atom stereocenters. The van der Waals surface area contributed by atoms with Gasteiger partial charge in [-0.2, -0.15) is 10.5 Å². The normalized spacial score (nSPS) is 18.1. The van der Waals surface area contributed by atoms with Crippen molar-refractivity contribution < 1.29 is 4.92 Å². The lowest BCUT2D eigenvalue weighted by Crippen LogP contribution is -1.89. The molecule has 82 valence electrons. The second-order valence-corrected chi connectivity index (χ2v) is 5.16. The molecule has 2 rings (SSSR count). The summed E-state index contributed by atoms with van der Waals surface area (Å²) < 4.78 is 0. The monoisotopic (exact) mass is 233 g/mol. The summed E-state index contributed by atoms with van der Waals surface area (Å²) in [4.78, 5) is 10.1. The number of hydrogen-bond acceptors (Lipinski definition) is 2. The molecule has 0 bridgehead atoms. The predicted molar refractivity (Wildman–Crippen MR) is 68.7 cm³/mol. The van der Waals surface area contributed by atoms with Gasteiger partial charge in [0, 0.05) is 17.9 Å². The van der Waals surface area contributed by atoms with Gasteiger partial charge in [-0.3, -0.25) is 10.1 Å². The van der Waals surface area contributed by atoms with E-state index in [4.69, 9.17) is 0 Å². The first-order valence-electron chi connectivity index (χ1n) is 4.86. The maximum Gasteiger partial charge on any atom is 0.269 e. The minimum atomic E-state index is -0.374. The quantitative estimate of drug-likeness (QED) is 0.457. The Morgan fingerprint density at radius 1 is 1.12 bits per heavy atom. The summed E-state index contributed by atoms with van der Waals surface area (Å²) in [5.41, 5.74) is 1.28. The Morgan fingerprint density at radius 3 is 2.44 bits per heavy atom. The highest BCUT2D eigenvalue weighted by Crippen LogP contribution is 2.24. The Bertz CT molecular complexity index is 486. The van der Waals surface area contributed by atoms with Crippen molar-refractivity contribution in [2.45, 2.75) is 5.75 Å². The van der Waals surface area contributed by atoms with Crippen LogP contribution in [0.1, 0.15) is 5.56 Å². The molecule has 0 fully saturated rings. The van der Waals surface area contributed by atoms with Gasteiger partial charge in [-0.25, -0.2) is 0 Å². The molecule has 1 aromatic carbocycles. The average molecular weight is 233 g/mol. The molecule has 0 radical (unpaired) electrons. The van der Waals surface area contributed by atoms with Crippen LogP contribution in [-0.4, -0.2) is 10.3 Å². The smallest absolute Gasteiger partial charge is 0.258 e. The minimum Gasteiger partial charge on any atom is -0.258 e. The van der Waals surface area contributed by atoms with Crippen molar-refractivity contribution in [3.8, 4) is 0 Å². The summed E-state index contributed by atoms with van der Waals surface area (Å²) in [6.45, 7) is 0. The van der Waals surface area contributed by atoms with Gasteiger partial charge in [0.25, 0.3) is 5.69 Å². The Labute approximate surface area is 96.2 Å². The standard InChI is InChI=1S/C12H11NO2S/c14-13(15)12-6-4-11(5-7-12)10-16-8-2-1-3-9-16/h1-9H,10H2. The van der Waals surface area contributed by atoms with Crippen LogP contribution in [0.2, 0.25) is 0 Å². The second kappa shape index (κ2) is 4.90. The van der Waals surface area contributed by atoms with Crippen LogP contribution in [0, 0.1) is 10.1 Å². The van der Waals surface area contributed by atoms with E-state index in [1.54, 1.807) is 12.1 Å². The van der Waals surface area contributed by atoms with Crippen LogP contribution in [0.3, 0.4) is 0 Å². The molecule has 3 nitrogen and oxygen atoms in total. The van der Waals surface area contributed by atoms with Gasteiger partial charge in [-0.1, -0.05) is 30.4 Å². The van der Waals surface area contributed by atoms with Gasteiger partial charge in [0.05, 0.1) is 4.92 Å². The van der Waals surface area contributed by atoms with E-state index in [0.29, 0.717) is 0 Å². The van der Waals surface area contributed by atoms with Crippen molar-refractivity contribution in [2.24, 2.45) is 0 Å². The second-order valence-electron chi connectivity index (χ2n) is 3.39. The lowest BCUT2D eigenvalue weighted by molar-refractivity contribution is -0.384. The maximum atomic E-state index is 10.5. The third-order valence-electron chi connectivity index (χ3n) is 2.21. The molecule has 0 N–H and O–H groups in total. The van der Waals surface area contributed by atoms with Crippen molar-refractivity contribution in [3.05, 3.63) is 63.6 Å². The number of nitrogens with zero attached hydrogens (tertiary/aromatic N) is 1. The molecule has 0 amide bonds. The zero-order valence-electron chi connectivity index (χ0n) is 8.58. The van der Waals surface area contributed by atoms with Crippen molar-refractivity contribution in [2.75, 3.05) is 0 Å². The van der Waals surface area contributed by atoms with Crippen molar-refractivity contribution in [1.29, 1.82) is 0 Å². The highest BCUT2D eigenvalue weighted by molar-refractivity contribution is 8.17. The van der Waals surface area contributed by atoms with Crippen molar-refractivity contribution in [1.82, 2.24) is 0 Å². The number of nitro groups is 1. The molecule has 16 heavy (non-hydrogen) atoms. The average Bonchev–Trinajstić information content (AvgIpc) is 2.31. The van der Waals surface area contributed by atoms with E-state index in [1.807, 2.05) is 30.4 Å². The van der Waals surface area contributed by atoms with Gasteiger partial charge in [0.2, 0.25) is 0 Å². The van der Waals surface area contributed by atoms with Crippen LogP contribution in [0.25, 0.3) is 0 Å². The third-order valence-corrected chi connectivity index (χ3v) is 3.89. The highest BCUT2D eigenvalue weighted by atomic mass is 32.2. The van der Waals surface area contributed by atoms with E-state index in [2.05, 4.69) is 10.8 Å². The summed E-state index contributed by atoms with van der Waals surface area (Å²) in [5.74, 6) is 0.916. The molecule has 0 aromatic heterocycles. The summed E-state index contributed by atoms with van der Waals surface area (Å²) >= 11 is 0. The zero-order chi connectivity index (χ0) is 11.4. The van der Waals surface area contributed by atoms with Crippen molar-refractivity contribution >= 4 is 21.5 Å². The third kappa shape index (κ3) is 2.67. The number of allylic oxidation sites excluding steroid dienone is 3. The fourth-order valence-electron chi connectivity index (χ4n) is 1.40. The molecule has 0 saturated heterocycles. The Kier molecular flexibility index (Phi) is 3.31.